The highest BCUT2D eigenvalue weighted by atomic mass is 16.5. The Kier molecular flexibility index (Phi) is 5.74. The molecular formula is C17H28N2O2. The SMILES string of the molecule is CCN1CCCC(C(C)Nc2cc(OC)cc(OC)c2)C1. The van der Waals surface area contributed by atoms with Gasteiger partial charge in [-0.15, -0.1) is 0 Å². The van der Waals surface area contributed by atoms with Gasteiger partial charge in [0.1, 0.15) is 11.5 Å². The molecule has 1 aromatic carbocycles. The monoisotopic (exact) mass is 292 g/mol. The maximum Gasteiger partial charge on any atom is 0.124 e. The van der Waals surface area contributed by atoms with Crippen molar-refractivity contribution in [2.45, 2.75) is 32.7 Å². The number of nitrogens with one attached hydrogen (secondary N) is 1. The van der Waals surface area contributed by atoms with Crippen LogP contribution in [0, 0.1) is 5.92 Å². The smallest absolute Gasteiger partial charge is 0.124 e. The van der Waals surface area contributed by atoms with Crippen molar-refractivity contribution in [3.63, 3.8) is 0 Å². The minimum atomic E-state index is 0.441. The average molecular weight is 292 g/mol. The van der Waals surface area contributed by atoms with Gasteiger partial charge in [-0.3, -0.25) is 0 Å². The first-order chi connectivity index (χ1) is 10.2. The lowest BCUT2D eigenvalue weighted by atomic mass is 9.91. The summed E-state index contributed by atoms with van der Waals surface area (Å²) in [6, 6.07) is 6.39. The van der Waals surface area contributed by atoms with Gasteiger partial charge in [-0.2, -0.15) is 0 Å². The highest BCUT2D eigenvalue weighted by molar-refractivity contribution is 5.54. The number of rotatable bonds is 6. The number of hydrogen-bond acceptors (Lipinski definition) is 4. The number of piperidine rings is 1. The molecule has 0 saturated carbocycles. The zero-order valence-corrected chi connectivity index (χ0v) is 13.7. The van der Waals surface area contributed by atoms with E-state index in [2.05, 4.69) is 24.1 Å². The number of methoxy groups -OCH3 is 2. The first kappa shape index (κ1) is 16.0. The molecule has 0 amide bonds. The summed E-state index contributed by atoms with van der Waals surface area (Å²) in [4.78, 5) is 2.54. The molecule has 1 aliphatic heterocycles. The lowest BCUT2D eigenvalue weighted by Crippen LogP contribution is -2.41. The Morgan fingerprint density at radius 1 is 1.24 bits per heavy atom. The maximum absolute atomic E-state index is 5.33. The second kappa shape index (κ2) is 7.55. The highest BCUT2D eigenvalue weighted by Gasteiger charge is 2.23. The maximum atomic E-state index is 5.33. The van der Waals surface area contributed by atoms with Crippen molar-refractivity contribution in [3.05, 3.63) is 18.2 Å². The Bertz CT molecular complexity index is 428. The molecule has 1 aromatic rings. The van der Waals surface area contributed by atoms with E-state index in [1.165, 1.54) is 25.9 Å². The summed E-state index contributed by atoms with van der Waals surface area (Å²) in [6.07, 6.45) is 2.59. The normalized spacial score (nSPS) is 20.9. The van der Waals surface area contributed by atoms with Gasteiger partial charge in [0.2, 0.25) is 0 Å². The van der Waals surface area contributed by atoms with Gasteiger partial charge in [0.15, 0.2) is 0 Å². The average Bonchev–Trinajstić information content (AvgIpc) is 2.54. The van der Waals surface area contributed by atoms with Gasteiger partial charge in [0.25, 0.3) is 0 Å². The molecule has 2 unspecified atom stereocenters. The van der Waals surface area contributed by atoms with E-state index in [1.54, 1.807) is 14.2 Å². The van der Waals surface area contributed by atoms with Crippen molar-refractivity contribution in [1.29, 1.82) is 0 Å². The van der Waals surface area contributed by atoms with Crippen LogP contribution < -0.4 is 14.8 Å². The second-order valence-corrected chi connectivity index (χ2v) is 5.83. The quantitative estimate of drug-likeness (QED) is 0.873. The Morgan fingerprint density at radius 3 is 2.48 bits per heavy atom. The van der Waals surface area contributed by atoms with Crippen LogP contribution in [0.1, 0.15) is 26.7 Å². The van der Waals surface area contributed by atoms with Gasteiger partial charge in [0.05, 0.1) is 14.2 Å². The van der Waals surface area contributed by atoms with Crippen molar-refractivity contribution in [2.24, 2.45) is 5.92 Å². The lowest BCUT2D eigenvalue weighted by Gasteiger charge is -2.35. The van der Waals surface area contributed by atoms with Crippen molar-refractivity contribution in [1.82, 2.24) is 4.90 Å². The van der Waals surface area contributed by atoms with Crippen molar-refractivity contribution < 1.29 is 9.47 Å². The van der Waals surface area contributed by atoms with Crippen LogP contribution in [-0.4, -0.2) is 44.8 Å². The molecule has 1 aliphatic rings. The fourth-order valence-electron chi connectivity index (χ4n) is 3.06. The van der Waals surface area contributed by atoms with E-state index in [9.17, 15) is 0 Å². The van der Waals surface area contributed by atoms with Crippen LogP contribution in [0.15, 0.2) is 18.2 Å². The second-order valence-electron chi connectivity index (χ2n) is 5.83. The van der Waals surface area contributed by atoms with E-state index in [-0.39, 0.29) is 0 Å². The minimum absolute atomic E-state index is 0.441. The van der Waals surface area contributed by atoms with E-state index in [4.69, 9.17) is 9.47 Å². The molecule has 0 aliphatic carbocycles. The third kappa shape index (κ3) is 4.27. The number of likely N-dealkylation sites (tertiary alicyclic amines) is 1. The molecule has 0 aromatic heterocycles. The van der Waals surface area contributed by atoms with Crippen LogP contribution in [-0.2, 0) is 0 Å². The molecule has 1 fully saturated rings. The summed E-state index contributed by atoms with van der Waals surface area (Å²) in [5, 5.41) is 3.62. The highest BCUT2D eigenvalue weighted by Crippen LogP contribution is 2.28. The largest absolute Gasteiger partial charge is 0.497 e. The molecule has 2 rings (SSSR count). The summed E-state index contributed by atoms with van der Waals surface area (Å²) >= 11 is 0. The van der Waals surface area contributed by atoms with Crippen molar-refractivity contribution in [3.8, 4) is 11.5 Å². The molecule has 21 heavy (non-hydrogen) atoms. The molecule has 1 saturated heterocycles. The molecule has 118 valence electrons. The van der Waals surface area contributed by atoms with Gasteiger partial charge in [-0.25, -0.2) is 0 Å². The van der Waals surface area contributed by atoms with E-state index in [0.717, 1.165) is 23.7 Å². The minimum Gasteiger partial charge on any atom is -0.497 e. The number of anilines is 1. The van der Waals surface area contributed by atoms with Gasteiger partial charge >= 0.3 is 0 Å². The Labute approximate surface area is 128 Å². The summed E-state index contributed by atoms with van der Waals surface area (Å²) in [5.74, 6) is 2.33. The molecular weight excluding hydrogens is 264 g/mol. The van der Waals surface area contributed by atoms with Crippen LogP contribution in [0.5, 0.6) is 11.5 Å². The molecule has 0 bridgehead atoms. The first-order valence-corrected chi connectivity index (χ1v) is 7.88. The van der Waals surface area contributed by atoms with Crippen LogP contribution >= 0.6 is 0 Å². The summed E-state index contributed by atoms with van der Waals surface area (Å²) in [7, 11) is 3.37. The standard InChI is InChI=1S/C17H28N2O2/c1-5-19-8-6-7-14(12-19)13(2)18-15-9-16(20-3)11-17(10-15)21-4/h9-11,13-14,18H,5-8,12H2,1-4H3. The van der Waals surface area contributed by atoms with E-state index in [1.807, 2.05) is 18.2 Å². The van der Waals surface area contributed by atoms with E-state index in [0.29, 0.717) is 12.0 Å². The summed E-state index contributed by atoms with van der Waals surface area (Å²) in [6.45, 7) is 8.10. The molecule has 4 nitrogen and oxygen atoms in total. The third-order valence-electron chi connectivity index (χ3n) is 4.44. The lowest BCUT2D eigenvalue weighted by molar-refractivity contribution is 0.172. The Morgan fingerprint density at radius 2 is 1.90 bits per heavy atom. The molecule has 1 heterocycles. The number of benzene rings is 1. The zero-order valence-electron chi connectivity index (χ0n) is 13.7. The molecule has 0 spiro atoms. The topological polar surface area (TPSA) is 33.7 Å². The van der Waals surface area contributed by atoms with Crippen LogP contribution in [0.2, 0.25) is 0 Å². The van der Waals surface area contributed by atoms with E-state index >= 15 is 0 Å². The van der Waals surface area contributed by atoms with Crippen LogP contribution in [0.4, 0.5) is 5.69 Å². The number of hydrogen-bond donors (Lipinski definition) is 1. The van der Waals surface area contributed by atoms with Gasteiger partial charge in [-0.1, -0.05) is 6.92 Å². The third-order valence-corrected chi connectivity index (χ3v) is 4.44. The number of nitrogens with zero attached hydrogens (tertiary/aromatic N) is 1. The zero-order chi connectivity index (χ0) is 15.2. The van der Waals surface area contributed by atoms with Crippen LogP contribution in [0.25, 0.3) is 0 Å². The first-order valence-electron chi connectivity index (χ1n) is 7.88. The fourth-order valence-corrected chi connectivity index (χ4v) is 3.06. The molecule has 0 radical (unpaired) electrons. The fraction of sp³-hybridized carbons (Fsp3) is 0.647. The van der Waals surface area contributed by atoms with E-state index < -0.39 is 0 Å². The molecule has 4 heteroatoms. The molecule has 2 atom stereocenters. The molecule has 1 N–H and O–H groups in total. The summed E-state index contributed by atoms with van der Waals surface area (Å²) in [5.41, 5.74) is 1.06. The van der Waals surface area contributed by atoms with Crippen molar-refractivity contribution in [2.75, 3.05) is 39.2 Å². The van der Waals surface area contributed by atoms with Crippen molar-refractivity contribution >= 4 is 5.69 Å². The predicted octanol–water partition coefficient (Wildman–Crippen LogP) is 3.24. The Balaban J connectivity index is 2.03. The summed E-state index contributed by atoms with van der Waals surface area (Å²) < 4.78 is 10.7. The Hall–Kier alpha value is -1.42. The van der Waals surface area contributed by atoms with Gasteiger partial charge < -0.3 is 19.7 Å². The van der Waals surface area contributed by atoms with Gasteiger partial charge in [-0.05, 0) is 38.8 Å². The predicted molar refractivity (Wildman–Crippen MR) is 87.5 cm³/mol. The number of ether oxygens (including phenoxy) is 2. The van der Waals surface area contributed by atoms with Gasteiger partial charge in [0, 0.05) is 36.5 Å². The van der Waals surface area contributed by atoms with Crippen LogP contribution in [0.3, 0.4) is 0 Å².